The molecule has 3 rings (SSSR count). The lowest BCUT2D eigenvalue weighted by atomic mass is 9.78. The first-order valence-corrected chi connectivity index (χ1v) is 8.62. The number of carboxylic acids is 1. The normalized spacial score (nSPS) is 16.4. The number of halogens is 1. The third kappa shape index (κ3) is 3.09. The quantitative estimate of drug-likeness (QED) is 0.858. The zero-order valence-corrected chi connectivity index (χ0v) is 14.8. The van der Waals surface area contributed by atoms with Gasteiger partial charge in [0.05, 0.1) is 17.3 Å². The molecule has 1 amide bonds. The number of benzene rings is 1. The van der Waals surface area contributed by atoms with E-state index in [0.29, 0.717) is 24.1 Å². The van der Waals surface area contributed by atoms with Gasteiger partial charge in [0, 0.05) is 6.20 Å². The number of nitrogens with zero attached hydrogens (tertiary/aromatic N) is 2. The predicted octanol–water partition coefficient (Wildman–Crippen LogP) is 3.29. The van der Waals surface area contributed by atoms with Crippen LogP contribution in [0.1, 0.15) is 45.1 Å². The molecule has 0 aliphatic heterocycles. The lowest BCUT2D eigenvalue weighted by Crippen LogP contribution is -2.38. The molecule has 138 valence electrons. The van der Waals surface area contributed by atoms with Crippen molar-refractivity contribution in [2.24, 2.45) is 0 Å². The van der Waals surface area contributed by atoms with Crippen molar-refractivity contribution in [3.05, 3.63) is 48.0 Å². The summed E-state index contributed by atoms with van der Waals surface area (Å²) in [7, 11) is 0. The topological polar surface area (TPSA) is 84.2 Å². The van der Waals surface area contributed by atoms with Crippen LogP contribution >= 0.6 is 0 Å². The van der Waals surface area contributed by atoms with Crippen LogP contribution in [0.3, 0.4) is 0 Å². The van der Waals surface area contributed by atoms with Crippen LogP contribution in [-0.4, -0.2) is 26.8 Å². The van der Waals surface area contributed by atoms with Gasteiger partial charge in [-0.25, -0.2) is 9.18 Å². The summed E-state index contributed by atoms with van der Waals surface area (Å²) >= 11 is 0. The summed E-state index contributed by atoms with van der Waals surface area (Å²) in [6.45, 7) is 3.05. The Morgan fingerprint density at radius 3 is 2.62 bits per heavy atom. The third-order valence-electron chi connectivity index (χ3n) is 5.21. The monoisotopic (exact) mass is 359 g/mol. The van der Waals surface area contributed by atoms with E-state index in [1.54, 1.807) is 12.1 Å². The van der Waals surface area contributed by atoms with Gasteiger partial charge in [0.25, 0.3) is 0 Å². The first-order valence-electron chi connectivity index (χ1n) is 8.62. The molecule has 2 aromatic rings. The largest absolute Gasteiger partial charge is 0.479 e. The van der Waals surface area contributed by atoms with Crippen molar-refractivity contribution in [2.45, 2.75) is 50.5 Å². The number of carboxylic acid groups (broad SMARTS) is 1. The molecular weight excluding hydrogens is 337 g/mol. The highest BCUT2D eigenvalue weighted by molar-refractivity contribution is 5.99. The molecule has 1 aliphatic carbocycles. The Bertz CT molecular complexity index is 838. The SMILES string of the molecule is CC(C)(C(=O)O)n1cc(NC(=O)C2(c3cccc(F)c3)CCCC2)cn1. The van der Waals surface area contributed by atoms with Crippen LogP contribution in [0.2, 0.25) is 0 Å². The van der Waals surface area contributed by atoms with Crippen molar-refractivity contribution < 1.29 is 19.1 Å². The number of nitrogens with one attached hydrogen (secondary N) is 1. The van der Waals surface area contributed by atoms with Gasteiger partial charge in [-0.2, -0.15) is 5.10 Å². The van der Waals surface area contributed by atoms with Crippen LogP contribution in [0.25, 0.3) is 0 Å². The number of hydrogen-bond acceptors (Lipinski definition) is 3. The second-order valence-electron chi connectivity index (χ2n) is 7.29. The summed E-state index contributed by atoms with van der Waals surface area (Å²) < 4.78 is 15.0. The van der Waals surface area contributed by atoms with Crippen LogP contribution in [0, 0.1) is 5.82 Å². The maximum Gasteiger partial charge on any atom is 0.331 e. The van der Waals surface area contributed by atoms with Crippen LogP contribution < -0.4 is 5.32 Å². The lowest BCUT2D eigenvalue weighted by Gasteiger charge is -2.28. The molecule has 0 bridgehead atoms. The average molecular weight is 359 g/mol. The van der Waals surface area contributed by atoms with E-state index in [9.17, 15) is 19.1 Å². The Labute approximate surface area is 151 Å². The molecule has 0 spiro atoms. The Morgan fingerprint density at radius 2 is 2.00 bits per heavy atom. The van der Waals surface area contributed by atoms with Gasteiger partial charge in [-0.05, 0) is 44.4 Å². The Hall–Kier alpha value is -2.70. The van der Waals surface area contributed by atoms with E-state index in [1.165, 1.54) is 43.1 Å². The first-order chi connectivity index (χ1) is 12.3. The number of carbonyl (C=O) groups is 2. The molecule has 0 radical (unpaired) electrons. The van der Waals surface area contributed by atoms with E-state index in [0.717, 1.165) is 12.8 Å². The van der Waals surface area contributed by atoms with Gasteiger partial charge < -0.3 is 10.4 Å². The molecule has 26 heavy (non-hydrogen) atoms. The Morgan fingerprint density at radius 1 is 1.31 bits per heavy atom. The van der Waals surface area contributed by atoms with Crippen LogP contribution in [0.5, 0.6) is 0 Å². The summed E-state index contributed by atoms with van der Waals surface area (Å²) in [6.07, 6.45) is 6.02. The molecule has 1 heterocycles. The Balaban J connectivity index is 1.86. The van der Waals surface area contributed by atoms with E-state index >= 15 is 0 Å². The molecule has 0 unspecified atom stereocenters. The van der Waals surface area contributed by atoms with Gasteiger partial charge in [0.15, 0.2) is 5.54 Å². The second kappa shape index (κ2) is 6.55. The van der Waals surface area contributed by atoms with Crippen molar-refractivity contribution in [2.75, 3.05) is 5.32 Å². The van der Waals surface area contributed by atoms with E-state index in [-0.39, 0.29) is 11.7 Å². The summed E-state index contributed by atoms with van der Waals surface area (Å²) in [4.78, 5) is 24.4. The summed E-state index contributed by atoms with van der Waals surface area (Å²) in [5, 5.41) is 16.2. The maximum absolute atomic E-state index is 13.7. The summed E-state index contributed by atoms with van der Waals surface area (Å²) in [5.41, 5.74) is -0.902. The zero-order chi connectivity index (χ0) is 18.9. The highest BCUT2D eigenvalue weighted by Gasteiger charge is 2.43. The fourth-order valence-corrected chi connectivity index (χ4v) is 3.45. The zero-order valence-electron chi connectivity index (χ0n) is 14.8. The number of carbonyl (C=O) groups excluding carboxylic acids is 1. The molecule has 1 aromatic carbocycles. The fourth-order valence-electron chi connectivity index (χ4n) is 3.45. The van der Waals surface area contributed by atoms with Crippen LogP contribution in [0.15, 0.2) is 36.7 Å². The van der Waals surface area contributed by atoms with E-state index in [4.69, 9.17) is 0 Å². The molecule has 0 saturated heterocycles. The van der Waals surface area contributed by atoms with Crippen LogP contribution in [0.4, 0.5) is 10.1 Å². The van der Waals surface area contributed by atoms with E-state index in [2.05, 4.69) is 10.4 Å². The third-order valence-corrected chi connectivity index (χ3v) is 5.21. The molecule has 0 atom stereocenters. The number of anilines is 1. The standard InChI is InChI=1S/C19H22FN3O3/c1-18(2,17(25)26)23-12-15(11-21-23)22-16(24)19(8-3-4-9-19)13-6-5-7-14(20)10-13/h5-7,10-12H,3-4,8-9H2,1-2H3,(H,22,24)(H,25,26). The average Bonchev–Trinajstić information content (AvgIpc) is 3.25. The first kappa shape index (κ1) is 18.1. The molecule has 1 fully saturated rings. The van der Waals surface area contributed by atoms with Gasteiger partial charge in [0.1, 0.15) is 5.82 Å². The number of hydrogen-bond donors (Lipinski definition) is 2. The molecule has 7 heteroatoms. The number of aliphatic carboxylic acids is 1. The molecule has 1 aliphatic rings. The van der Waals surface area contributed by atoms with Crippen molar-refractivity contribution in [3.8, 4) is 0 Å². The minimum atomic E-state index is -1.23. The summed E-state index contributed by atoms with van der Waals surface area (Å²) in [6, 6.07) is 6.18. The predicted molar refractivity (Wildman–Crippen MR) is 94.4 cm³/mol. The van der Waals surface area contributed by atoms with E-state index < -0.39 is 16.9 Å². The van der Waals surface area contributed by atoms with Crippen molar-refractivity contribution in [1.82, 2.24) is 9.78 Å². The van der Waals surface area contributed by atoms with Crippen LogP contribution in [-0.2, 0) is 20.5 Å². The fraction of sp³-hybridized carbons (Fsp3) is 0.421. The van der Waals surface area contributed by atoms with Gasteiger partial charge in [0.2, 0.25) is 5.91 Å². The van der Waals surface area contributed by atoms with Gasteiger partial charge in [-0.15, -0.1) is 0 Å². The van der Waals surface area contributed by atoms with Crippen molar-refractivity contribution in [3.63, 3.8) is 0 Å². The van der Waals surface area contributed by atoms with Crippen molar-refractivity contribution >= 4 is 17.6 Å². The molecule has 2 N–H and O–H groups in total. The molecule has 1 aromatic heterocycles. The highest BCUT2D eigenvalue weighted by atomic mass is 19.1. The number of amides is 1. The van der Waals surface area contributed by atoms with Gasteiger partial charge in [-0.3, -0.25) is 9.48 Å². The summed E-state index contributed by atoms with van der Waals surface area (Å²) in [5.74, 6) is -1.60. The van der Waals surface area contributed by atoms with Gasteiger partial charge >= 0.3 is 5.97 Å². The smallest absolute Gasteiger partial charge is 0.331 e. The lowest BCUT2D eigenvalue weighted by molar-refractivity contribution is -0.146. The Kier molecular flexibility index (Phi) is 4.56. The molecule has 1 saturated carbocycles. The van der Waals surface area contributed by atoms with E-state index in [1.807, 2.05) is 0 Å². The second-order valence-corrected chi connectivity index (χ2v) is 7.29. The highest BCUT2D eigenvalue weighted by Crippen LogP contribution is 2.42. The molecular formula is C19H22FN3O3. The number of rotatable bonds is 5. The maximum atomic E-state index is 13.7. The van der Waals surface area contributed by atoms with Crippen molar-refractivity contribution in [1.29, 1.82) is 0 Å². The minimum absolute atomic E-state index is 0.215. The number of aromatic nitrogens is 2. The van der Waals surface area contributed by atoms with Gasteiger partial charge in [-0.1, -0.05) is 25.0 Å². The minimum Gasteiger partial charge on any atom is -0.479 e. The molecule has 6 nitrogen and oxygen atoms in total.